The van der Waals surface area contributed by atoms with Crippen LogP contribution in [-0.2, 0) is 0 Å². The summed E-state index contributed by atoms with van der Waals surface area (Å²) in [7, 11) is 0. The predicted molar refractivity (Wildman–Crippen MR) is 114 cm³/mol. The Labute approximate surface area is 178 Å². The highest BCUT2D eigenvalue weighted by atomic mass is 35.5. The average molecular weight is 424 g/mol. The molecule has 0 aliphatic heterocycles. The molecule has 0 aliphatic rings. The van der Waals surface area contributed by atoms with Gasteiger partial charge in [0.15, 0.2) is 12.4 Å². The second-order valence-electron chi connectivity index (χ2n) is 6.55. The molecule has 0 saturated heterocycles. The van der Waals surface area contributed by atoms with E-state index in [1.165, 1.54) is 42.5 Å². The number of carboxylic acid groups (broad SMARTS) is 1. The van der Waals surface area contributed by atoms with Gasteiger partial charge in [0, 0.05) is 16.1 Å². The highest BCUT2D eigenvalue weighted by molar-refractivity contribution is 6.31. The molecule has 3 aromatic carbocycles. The molecular weight excluding hydrogens is 406 g/mol. The molecule has 0 aromatic heterocycles. The Bertz CT molecular complexity index is 1090. The first-order chi connectivity index (χ1) is 14.3. The zero-order valence-electron chi connectivity index (χ0n) is 16.0. The van der Waals surface area contributed by atoms with E-state index in [-0.39, 0.29) is 34.2 Å². The topological polar surface area (TPSA) is 92.7 Å². The molecule has 0 unspecified atom stereocenters. The summed E-state index contributed by atoms with van der Waals surface area (Å²) < 4.78 is 5.48. The van der Waals surface area contributed by atoms with Gasteiger partial charge in [0.25, 0.3) is 5.91 Å². The molecule has 0 heterocycles. The minimum absolute atomic E-state index is 0.115. The zero-order chi connectivity index (χ0) is 21.7. The maximum Gasteiger partial charge on any atom is 0.337 e. The van der Waals surface area contributed by atoms with Crippen LogP contribution in [0.25, 0.3) is 0 Å². The summed E-state index contributed by atoms with van der Waals surface area (Å²) in [6.07, 6.45) is 0. The smallest absolute Gasteiger partial charge is 0.337 e. The second-order valence-corrected chi connectivity index (χ2v) is 6.99. The van der Waals surface area contributed by atoms with E-state index in [0.717, 1.165) is 5.56 Å². The number of ketones is 1. The van der Waals surface area contributed by atoms with Gasteiger partial charge in [0.05, 0.1) is 11.3 Å². The van der Waals surface area contributed by atoms with Crippen molar-refractivity contribution in [2.75, 3.05) is 11.9 Å². The van der Waals surface area contributed by atoms with Crippen molar-refractivity contribution in [3.63, 3.8) is 0 Å². The highest BCUT2D eigenvalue weighted by Gasteiger charge is 2.15. The van der Waals surface area contributed by atoms with Gasteiger partial charge in [-0.15, -0.1) is 0 Å². The molecule has 3 rings (SSSR count). The van der Waals surface area contributed by atoms with Crippen LogP contribution < -0.4 is 10.1 Å². The summed E-state index contributed by atoms with van der Waals surface area (Å²) in [6.45, 7) is 1.84. The largest absolute Gasteiger partial charge is 0.485 e. The van der Waals surface area contributed by atoms with E-state index < -0.39 is 11.9 Å². The number of ether oxygens (including phenoxy) is 1. The highest BCUT2D eigenvalue weighted by Crippen LogP contribution is 2.21. The molecule has 0 fully saturated rings. The van der Waals surface area contributed by atoms with Gasteiger partial charge in [-0.25, -0.2) is 4.79 Å². The molecular formula is C23H18ClNO5. The molecule has 2 N–H and O–H groups in total. The number of nitrogens with one attached hydrogen (secondary N) is 1. The van der Waals surface area contributed by atoms with Gasteiger partial charge >= 0.3 is 5.97 Å². The minimum Gasteiger partial charge on any atom is -0.485 e. The van der Waals surface area contributed by atoms with Crippen LogP contribution in [-0.4, -0.2) is 29.4 Å². The number of Topliss-reactive ketones (excluding diaryl/α,β-unsaturated/α-hetero) is 1. The van der Waals surface area contributed by atoms with Crippen LogP contribution in [0.15, 0.2) is 66.7 Å². The number of hydrogen-bond donors (Lipinski definition) is 2. The Morgan fingerprint density at radius 1 is 0.933 bits per heavy atom. The number of halogens is 1. The molecule has 0 bridgehead atoms. The number of anilines is 1. The molecule has 152 valence electrons. The number of carboxylic acids is 1. The lowest BCUT2D eigenvalue weighted by molar-refractivity contribution is 0.0697. The van der Waals surface area contributed by atoms with E-state index in [1.54, 1.807) is 12.1 Å². The molecule has 0 spiro atoms. The number of carbonyl (C=O) groups is 3. The molecule has 0 saturated carbocycles. The third-order valence-electron chi connectivity index (χ3n) is 4.32. The van der Waals surface area contributed by atoms with Crippen LogP contribution in [0, 0.1) is 6.92 Å². The van der Waals surface area contributed by atoms with Gasteiger partial charge in [-0.2, -0.15) is 0 Å². The minimum atomic E-state index is -1.21. The molecule has 6 nitrogen and oxygen atoms in total. The van der Waals surface area contributed by atoms with Crippen LogP contribution in [0.4, 0.5) is 5.69 Å². The van der Waals surface area contributed by atoms with Gasteiger partial charge < -0.3 is 15.2 Å². The van der Waals surface area contributed by atoms with Crippen LogP contribution in [0.2, 0.25) is 5.02 Å². The molecule has 30 heavy (non-hydrogen) atoms. The van der Waals surface area contributed by atoms with E-state index in [4.69, 9.17) is 16.3 Å². The van der Waals surface area contributed by atoms with Crippen molar-refractivity contribution in [2.45, 2.75) is 6.92 Å². The summed E-state index contributed by atoms with van der Waals surface area (Å²) in [6, 6.07) is 17.6. The first-order valence-corrected chi connectivity index (χ1v) is 9.38. The van der Waals surface area contributed by atoms with E-state index >= 15 is 0 Å². The second kappa shape index (κ2) is 9.24. The third-order valence-corrected chi connectivity index (χ3v) is 4.56. The molecule has 3 aromatic rings. The van der Waals surface area contributed by atoms with Crippen molar-refractivity contribution in [3.05, 3.63) is 94.0 Å². The van der Waals surface area contributed by atoms with Crippen molar-refractivity contribution >= 4 is 34.9 Å². The van der Waals surface area contributed by atoms with Crippen LogP contribution in [0.1, 0.15) is 36.6 Å². The Kier molecular flexibility index (Phi) is 6.49. The summed E-state index contributed by atoms with van der Waals surface area (Å²) in [5.41, 5.74) is 1.78. The van der Waals surface area contributed by atoms with Crippen molar-refractivity contribution in [1.82, 2.24) is 0 Å². The van der Waals surface area contributed by atoms with Crippen LogP contribution in [0.3, 0.4) is 0 Å². The van der Waals surface area contributed by atoms with E-state index in [1.807, 2.05) is 19.1 Å². The fourth-order valence-electron chi connectivity index (χ4n) is 2.67. The van der Waals surface area contributed by atoms with Gasteiger partial charge in [0.1, 0.15) is 5.75 Å². The number of rotatable bonds is 7. The maximum atomic E-state index is 12.4. The molecule has 7 heteroatoms. The van der Waals surface area contributed by atoms with Crippen molar-refractivity contribution in [2.24, 2.45) is 0 Å². The summed E-state index contributed by atoms with van der Waals surface area (Å²) in [5, 5.41) is 12.1. The monoisotopic (exact) mass is 423 g/mol. The van der Waals surface area contributed by atoms with Crippen molar-refractivity contribution in [3.8, 4) is 5.75 Å². The number of hydrogen-bond acceptors (Lipinski definition) is 4. The fourth-order valence-corrected chi connectivity index (χ4v) is 2.84. The van der Waals surface area contributed by atoms with Gasteiger partial charge in [-0.3, -0.25) is 9.59 Å². The third kappa shape index (κ3) is 5.24. The first kappa shape index (κ1) is 21.1. The fraction of sp³-hybridized carbons (Fsp3) is 0.0870. The predicted octanol–water partition coefficient (Wildman–Crippen LogP) is 4.86. The summed E-state index contributed by atoms with van der Waals surface area (Å²) in [4.78, 5) is 36.1. The Balaban J connectivity index is 1.65. The van der Waals surface area contributed by atoms with Gasteiger partial charge in [-0.1, -0.05) is 41.4 Å². The molecule has 0 radical (unpaired) electrons. The van der Waals surface area contributed by atoms with E-state index in [2.05, 4.69) is 5.32 Å². The average Bonchev–Trinajstić information content (AvgIpc) is 2.74. The Morgan fingerprint density at radius 3 is 2.20 bits per heavy atom. The van der Waals surface area contributed by atoms with Crippen LogP contribution in [0.5, 0.6) is 5.75 Å². The molecule has 1 amide bonds. The lowest BCUT2D eigenvalue weighted by Gasteiger charge is -2.10. The lowest BCUT2D eigenvalue weighted by Crippen LogP contribution is -2.16. The van der Waals surface area contributed by atoms with Crippen molar-refractivity contribution in [1.29, 1.82) is 0 Å². The van der Waals surface area contributed by atoms with Crippen molar-refractivity contribution < 1.29 is 24.2 Å². The van der Waals surface area contributed by atoms with Crippen LogP contribution >= 0.6 is 11.6 Å². The lowest BCUT2D eigenvalue weighted by atomic mass is 10.1. The number of aromatic carboxylic acids is 1. The normalized spacial score (nSPS) is 10.3. The summed E-state index contributed by atoms with van der Waals surface area (Å²) >= 11 is 5.81. The number of aryl methyl sites for hydroxylation is 1. The number of benzene rings is 3. The Morgan fingerprint density at radius 2 is 1.57 bits per heavy atom. The van der Waals surface area contributed by atoms with Gasteiger partial charge in [0.2, 0.25) is 0 Å². The number of amides is 1. The zero-order valence-corrected chi connectivity index (χ0v) is 16.8. The van der Waals surface area contributed by atoms with Gasteiger partial charge in [-0.05, 0) is 49.4 Å². The quantitative estimate of drug-likeness (QED) is 0.529. The maximum absolute atomic E-state index is 12.4. The number of carbonyl (C=O) groups excluding carboxylic acids is 2. The first-order valence-electron chi connectivity index (χ1n) is 9.00. The van der Waals surface area contributed by atoms with E-state index in [0.29, 0.717) is 11.3 Å². The standard InChI is InChI=1S/C23H18ClNO5/c1-14-2-9-18(10-3-14)30-13-21(26)15-4-6-16(7-5-15)22(27)25-20-11-8-17(24)12-19(20)23(28)29/h2-12H,13H2,1H3,(H,25,27)(H,28,29). The Hall–Kier alpha value is -3.64. The summed E-state index contributed by atoms with van der Waals surface area (Å²) in [5.74, 6) is -1.34. The molecule has 0 atom stereocenters. The molecule has 0 aliphatic carbocycles. The van der Waals surface area contributed by atoms with E-state index in [9.17, 15) is 19.5 Å². The SMILES string of the molecule is Cc1ccc(OCC(=O)c2ccc(C(=O)Nc3ccc(Cl)cc3C(=O)O)cc2)cc1.